The maximum Gasteiger partial charge on any atom is 0.311 e. The molecule has 0 bridgehead atoms. The van der Waals surface area contributed by atoms with Gasteiger partial charge in [-0.05, 0) is 18.4 Å². The minimum absolute atomic E-state index is 0.0465. The Bertz CT molecular complexity index is 435. The predicted molar refractivity (Wildman–Crippen MR) is 77.8 cm³/mol. The van der Waals surface area contributed by atoms with Crippen molar-refractivity contribution in [1.82, 2.24) is 4.98 Å². The molecule has 1 N–H and O–H groups in total. The van der Waals surface area contributed by atoms with Crippen molar-refractivity contribution < 1.29 is 4.92 Å². The molecule has 0 atom stereocenters. The lowest BCUT2D eigenvalue weighted by molar-refractivity contribution is -0.384. The summed E-state index contributed by atoms with van der Waals surface area (Å²) >= 11 is 0. The van der Waals surface area contributed by atoms with Gasteiger partial charge in [0, 0.05) is 26.2 Å². The number of rotatable bonds is 7. The van der Waals surface area contributed by atoms with Crippen LogP contribution < -0.4 is 10.2 Å². The third-order valence-electron chi connectivity index (χ3n) is 2.61. The number of aromatic nitrogens is 1. The summed E-state index contributed by atoms with van der Waals surface area (Å²) in [6.45, 7) is 7.73. The lowest BCUT2D eigenvalue weighted by Crippen LogP contribution is -2.24. The van der Waals surface area contributed by atoms with Gasteiger partial charge in [0.1, 0.15) is 5.82 Å². The van der Waals surface area contributed by atoms with Gasteiger partial charge in [-0.1, -0.05) is 20.8 Å². The maximum absolute atomic E-state index is 11.1. The molecular weight excluding hydrogens is 244 g/mol. The number of hydrogen-bond donors (Lipinski definition) is 1. The molecule has 106 valence electrons. The van der Waals surface area contributed by atoms with E-state index < -0.39 is 0 Å². The van der Waals surface area contributed by atoms with Crippen LogP contribution in [0.3, 0.4) is 0 Å². The van der Waals surface area contributed by atoms with Gasteiger partial charge in [-0.15, -0.1) is 0 Å². The van der Waals surface area contributed by atoms with Crippen LogP contribution in [0.5, 0.6) is 0 Å². The number of nitrogens with one attached hydrogen (secondary N) is 1. The molecule has 0 radical (unpaired) electrons. The Labute approximate surface area is 114 Å². The molecule has 1 rings (SSSR count). The highest BCUT2D eigenvalue weighted by Gasteiger charge is 2.20. The first kappa shape index (κ1) is 15.2. The van der Waals surface area contributed by atoms with E-state index in [4.69, 9.17) is 0 Å². The molecule has 0 fully saturated rings. The summed E-state index contributed by atoms with van der Waals surface area (Å²) in [5.41, 5.74) is 0.0465. The molecule has 0 aliphatic heterocycles. The monoisotopic (exact) mass is 266 g/mol. The summed E-state index contributed by atoms with van der Waals surface area (Å²) in [6, 6.07) is 3.16. The van der Waals surface area contributed by atoms with Crippen LogP contribution >= 0.6 is 0 Å². The summed E-state index contributed by atoms with van der Waals surface area (Å²) in [4.78, 5) is 16.9. The Balaban J connectivity index is 3.04. The van der Waals surface area contributed by atoms with E-state index in [0.717, 1.165) is 19.5 Å². The third kappa shape index (κ3) is 4.39. The Hall–Kier alpha value is -1.85. The molecule has 1 heterocycles. The van der Waals surface area contributed by atoms with Crippen molar-refractivity contribution in [3.63, 3.8) is 0 Å². The van der Waals surface area contributed by atoms with Gasteiger partial charge in [0.05, 0.1) is 4.92 Å². The van der Waals surface area contributed by atoms with E-state index in [1.165, 1.54) is 6.07 Å². The van der Waals surface area contributed by atoms with Crippen molar-refractivity contribution in [2.45, 2.75) is 27.2 Å². The van der Waals surface area contributed by atoms with Crippen LogP contribution in [0.25, 0.3) is 0 Å². The minimum atomic E-state index is -0.386. The van der Waals surface area contributed by atoms with Crippen molar-refractivity contribution in [2.75, 3.05) is 30.4 Å². The Kier molecular flexibility index (Phi) is 5.54. The van der Waals surface area contributed by atoms with E-state index in [2.05, 4.69) is 31.1 Å². The van der Waals surface area contributed by atoms with E-state index >= 15 is 0 Å². The molecule has 0 spiro atoms. The zero-order chi connectivity index (χ0) is 14.4. The number of anilines is 2. The minimum Gasteiger partial charge on any atom is -0.370 e. The molecule has 6 nitrogen and oxygen atoms in total. The standard InChI is InChI=1S/C13H22N4O2/c1-5-8-14-12-7-6-11(17(18)19)13(15-12)16(4)9-10(2)3/h6-7,10H,5,8-9H2,1-4H3,(H,14,15). The molecule has 1 aromatic rings. The van der Waals surface area contributed by atoms with Gasteiger partial charge in [0.25, 0.3) is 0 Å². The smallest absolute Gasteiger partial charge is 0.311 e. The number of hydrogen-bond acceptors (Lipinski definition) is 5. The van der Waals surface area contributed by atoms with Gasteiger partial charge in [0.2, 0.25) is 5.82 Å². The van der Waals surface area contributed by atoms with E-state index in [1.54, 1.807) is 6.07 Å². The molecule has 1 aromatic heterocycles. The van der Waals surface area contributed by atoms with Gasteiger partial charge in [-0.2, -0.15) is 0 Å². The van der Waals surface area contributed by atoms with E-state index in [9.17, 15) is 10.1 Å². The molecule has 0 aliphatic carbocycles. The normalized spacial score (nSPS) is 10.6. The van der Waals surface area contributed by atoms with Gasteiger partial charge in [-0.3, -0.25) is 10.1 Å². The average Bonchev–Trinajstić information content (AvgIpc) is 2.35. The Morgan fingerprint density at radius 3 is 2.68 bits per heavy atom. The molecule has 0 aliphatic rings. The number of nitro groups is 1. The zero-order valence-corrected chi connectivity index (χ0v) is 12.0. The molecule has 0 saturated carbocycles. The lowest BCUT2D eigenvalue weighted by atomic mass is 10.2. The van der Waals surface area contributed by atoms with Crippen LogP contribution in [0.4, 0.5) is 17.3 Å². The van der Waals surface area contributed by atoms with Crippen LogP contribution in [0.1, 0.15) is 27.2 Å². The summed E-state index contributed by atoms with van der Waals surface area (Å²) in [5, 5.41) is 14.2. The van der Waals surface area contributed by atoms with Crippen LogP contribution in [-0.4, -0.2) is 30.0 Å². The fourth-order valence-electron chi connectivity index (χ4n) is 1.85. The molecular formula is C13H22N4O2. The number of nitrogens with zero attached hydrogens (tertiary/aromatic N) is 3. The second-order valence-corrected chi connectivity index (χ2v) is 5.00. The molecule has 0 amide bonds. The van der Waals surface area contributed by atoms with Gasteiger partial charge >= 0.3 is 5.69 Å². The number of pyridine rings is 1. The fourth-order valence-corrected chi connectivity index (χ4v) is 1.85. The summed E-state index contributed by atoms with van der Waals surface area (Å²) in [7, 11) is 1.83. The highest BCUT2D eigenvalue weighted by molar-refractivity contribution is 5.61. The molecule has 0 unspecified atom stereocenters. The van der Waals surface area contributed by atoms with Crippen molar-refractivity contribution in [2.24, 2.45) is 5.92 Å². The zero-order valence-electron chi connectivity index (χ0n) is 12.0. The van der Waals surface area contributed by atoms with E-state index in [-0.39, 0.29) is 10.6 Å². The summed E-state index contributed by atoms with van der Waals surface area (Å²) in [6.07, 6.45) is 0.982. The van der Waals surface area contributed by atoms with Gasteiger partial charge in [-0.25, -0.2) is 4.98 Å². The SMILES string of the molecule is CCCNc1ccc([N+](=O)[O-])c(N(C)CC(C)C)n1. The van der Waals surface area contributed by atoms with Crippen LogP contribution in [0.15, 0.2) is 12.1 Å². The average molecular weight is 266 g/mol. The third-order valence-corrected chi connectivity index (χ3v) is 2.61. The second kappa shape index (κ2) is 6.92. The quantitative estimate of drug-likeness (QED) is 0.607. The first-order chi connectivity index (χ1) is 8.95. The topological polar surface area (TPSA) is 71.3 Å². The predicted octanol–water partition coefficient (Wildman–Crippen LogP) is 2.90. The second-order valence-electron chi connectivity index (χ2n) is 5.00. The molecule has 19 heavy (non-hydrogen) atoms. The summed E-state index contributed by atoms with van der Waals surface area (Å²) < 4.78 is 0. The fraction of sp³-hybridized carbons (Fsp3) is 0.615. The van der Waals surface area contributed by atoms with Crippen LogP contribution in [0.2, 0.25) is 0 Å². The largest absolute Gasteiger partial charge is 0.370 e. The van der Waals surface area contributed by atoms with Crippen molar-refractivity contribution in [1.29, 1.82) is 0 Å². The van der Waals surface area contributed by atoms with E-state index in [1.807, 2.05) is 11.9 Å². The first-order valence-electron chi connectivity index (χ1n) is 6.56. The van der Waals surface area contributed by atoms with Crippen molar-refractivity contribution in [3.8, 4) is 0 Å². The Morgan fingerprint density at radius 1 is 1.47 bits per heavy atom. The highest BCUT2D eigenvalue weighted by atomic mass is 16.6. The van der Waals surface area contributed by atoms with E-state index in [0.29, 0.717) is 17.6 Å². The maximum atomic E-state index is 11.1. The molecule has 0 aromatic carbocycles. The van der Waals surface area contributed by atoms with Crippen LogP contribution in [-0.2, 0) is 0 Å². The summed E-state index contributed by atoms with van der Waals surface area (Å²) in [5.74, 6) is 1.51. The van der Waals surface area contributed by atoms with Crippen molar-refractivity contribution >= 4 is 17.3 Å². The lowest BCUT2D eigenvalue weighted by Gasteiger charge is -2.20. The van der Waals surface area contributed by atoms with Gasteiger partial charge < -0.3 is 10.2 Å². The first-order valence-corrected chi connectivity index (χ1v) is 6.56. The highest BCUT2D eigenvalue weighted by Crippen LogP contribution is 2.27. The van der Waals surface area contributed by atoms with Crippen molar-refractivity contribution in [3.05, 3.63) is 22.2 Å². The Morgan fingerprint density at radius 2 is 2.16 bits per heavy atom. The van der Waals surface area contributed by atoms with Crippen LogP contribution in [0, 0.1) is 16.0 Å². The molecule has 0 saturated heterocycles. The molecule has 6 heteroatoms. The van der Waals surface area contributed by atoms with Gasteiger partial charge in [0.15, 0.2) is 0 Å².